The molecule has 1 spiro atoms. The monoisotopic (exact) mass is 790 g/mol. The lowest BCUT2D eigenvalue weighted by molar-refractivity contribution is -0.150. The highest BCUT2D eigenvalue weighted by Crippen LogP contribution is 2.60. The molecule has 0 saturated carbocycles. The van der Waals surface area contributed by atoms with Crippen LogP contribution in [0.15, 0.2) is 101 Å². The second-order valence-corrected chi connectivity index (χ2v) is 20.7. The number of hydrogen-bond acceptors (Lipinski definition) is 6. The zero-order valence-corrected chi connectivity index (χ0v) is 35.0. The lowest BCUT2D eigenvalue weighted by atomic mass is 9.82. The van der Waals surface area contributed by atoms with Gasteiger partial charge in [0.1, 0.15) is 0 Å². The second-order valence-electron chi connectivity index (χ2n) is 16.9. The van der Waals surface area contributed by atoms with Crippen LogP contribution in [0.5, 0.6) is 0 Å². The Morgan fingerprint density at radius 1 is 1.00 bits per heavy atom. The van der Waals surface area contributed by atoms with Gasteiger partial charge in [-0.2, -0.15) is 5.10 Å². The maximum Gasteiger partial charge on any atom is 0.264 e. The standard InChI is InChI=1S/C46H55FN4O5Si/c1-30(2)13-12-14-31(3)23-24-49-40-21-19-36(51-42(53)22-20-39(48-51)33-15-8-7-9-16-33)26-38(40)46(45(49)55)32(4)44(57(5,6)47)41(56-46)27-43(54)50-28-35-18-11-10-17-34(35)25-37(50)29-52/h7-11,13,15-19,21,23,26,32,37,41,44,52H,12,14,20,22,24-25,27-29H2,1-6H3/b31-23+/t32-,37-,41+,44-,46+/m0/s1. The molecule has 3 aromatic carbocycles. The fourth-order valence-electron chi connectivity index (χ4n) is 9.41. The number of aliphatic hydroxyl groups excluding tert-OH is 1. The predicted octanol–water partition coefficient (Wildman–Crippen LogP) is 8.37. The first-order valence-electron chi connectivity index (χ1n) is 20.3. The molecule has 0 unspecified atom stereocenters. The maximum absolute atomic E-state index is 16.8. The van der Waals surface area contributed by atoms with Gasteiger partial charge in [-0.05, 0) is 88.0 Å². The van der Waals surface area contributed by atoms with Crippen LogP contribution < -0.4 is 9.91 Å². The van der Waals surface area contributed by atoms with Crippen molar-refractivity contribution in [3.05, 3.63) is 118 Å². The number of halogens is 1. The Bertz CT molecular complexity index is 2130. The number of amides is 3. The van der Waals surface area contributed by atoms with E-state index in [9.17, 15) is 14.7 Å². The van der Waals surface area contributed by atoms with Crippen molar-refractivity contribution in [1.82, 2.24) is 4.90 Å². The summed E-state index contributed by atoms with van der Waals surface area (Å²) in [5, 5.41) is 16.6. The van der Waals surface area contributed by atoms with E-state index in [0.717, 1.165) is 40.8 Å². The minimum Gasteiger partial charge on any atom is -0.394 e. The molecule has 1 N–H and O–H groups in total. The SMILES string of the molecule is CC(C)=CCC/C(C)=C/CN1C(=O)[C@]2(O[C@H](CC(=O)N3Cc4ccccc4C[C@H]3CO)[C@@H]([Si](C)(C)F)[C@@H]2C)c2cc(N3N=C(c4ccccc4)CCC3=O)ccc21. The number of rotatable bonds is 11. The quantitative estimate of drug-likeness (QED) is 0.120. The van der Waals surface area contributed by atoms with Crippen molar-refractivity contribution in [1.29, 1.82) is 0 Å². The van der Waals surface area contributed by atoms with Gasteiger partial charge in [0.15, 0.2) is 5.60 Å². The average molecular weight is 791 g/mol. The van der Waals surface area contributed by atoms with Gasteiger partial charge in [0, 0.05) is 43.0 Å². The summed E-state index contributed by atoms with van der Waals surface area (Å²) < 4.78 is 23.8. The van der Waals surface area contributed by atoms with Crippen molar-refractivity contribution < 1.29 is 28.3 Å². The second kappa shape index (κ2) is 16.3. The first-order valence-corrected chi connectivity index (χ1v) is 23.2. The first kappa shape index (κ1) is 40.5. The zero-order valence-electron chi connectivity index (χ0n) is 34.0. The van der Waals surface area contributed by atoms with E-state index in [4.69, 9.17) is 9.84 Å². The molecule has 11 heteroatoms. The molecule has 4 aliphatic heterocycles. The summed E-state index contributed by atoms with van der Waals surface area (Å²) >= 11 is 0. The number of ether oxygens (including phenoxy) is 1. The molecule has 300 valence electrons. The summed E-state index contributed by atoms with van der Waals surface area (Å²) in [6.45, 7) is 11.8. The zero-order chi connectivity index (χ0) is 40.6. The smallest absolute Gasteiger partial charge is 0.264 e. The summed E-state index contributed by atoms with van der Waals surface area (Å²) in [6.07, 6.45) is 6.28. The maximum atomic E-state index is 16.8. The molecule has 9 nitrogen and oxygen atoms in total. The highest BCUT2D eigenvalue weighted by molar-refractivity contribution is 6.72. The molecular weight excluding hydrogens is 736 g/mol. The minimum atomic E-state index is -3.60. The van der Waals surface area contributed by atoms with Crippen LogP contribution in [0.2, 0.25) is 18.6 Å². The van der Waals surface area contributed by atoms with Crippen LogP contribution in [0.25, 0.3) is 0 Å². The van der Waals surface area contributed by atoms with Crippen molar-refractivity contribution in [2.24, 2.45) is 11.0 Å². The number of carbonyl (C=O) groups excluding carboxylic acids is 3. The molecule has 0 aliphatic carbocycles. The fraction of sp³-hybridized carbons (Fsp3) is 0.435. The van der Waals surface area contributed by atoms with Gasteiger partial charge in [0.05, 0.1) is 42.3 Å². The van der Waals surface area contributed by atoms with Crippen molar-refractivity contribution in [2.45, 2.75) is 109 Å². The number of hydrogen-bond donors (Lipinski definition) is 1. The van der Waals surface area contributed by atoms with E-state index in [0.29, 0.717) is 42.9 Å². The van der Waals surface area contributed by atoms with Crippen LogP contribution in [0.4, 0.5) is 15.5 Å². The van der Waals surface area contributed by atoms with E-state index in [1.165, 1.54) is 10.6 Å². The van der Waals surface area contributed by atoms with Gasteiger partial charge in [0.25, 0.3) is 5.91 Å². The number of benzene rings is 3. The Morgan fingerprint density at radius 3 is 2.42 bits per heavy atom. The first-order chi connectivity index (χ1) is 27.2. The molecular formula is C46H55FN4O5Si. The van der Waals surface area contributed by atoms with Crippen LogP contribution in [-0.4, -0.2) is 67.1 Å². The highest BCUT2D eigenvalue weighted by atomic mass is 28.4. The number of allylic oxidation sites excluding steroid dienone is 3. The van der Waals surface area contributed by atoms with Gasteiger partial charge in [0.2, 0.25) is 20.2 Å². The number of aliphatic hydroxyl groups is 1. The Balaban J connectivity index is 1.28. The van der Waals surface area contributed by atoms with Crippen LogP contribution in [0.3, 0.4) is 0 Å². The number of fused-ring (bicyclic) bond motifs is 3. The normalized spacial score (nSPS) is 24.8. The predicted molar refractivity (Wildman–Crippen MR) is 225 cm³/mol. The third-order valence-electron chi connectivity index (χ3n) is 12.3. The van der Waals surface area contributed by atoms with E-state index < -0.39 is 37.6 Å². The molecule has 7 rings (SSSR count). The number of nitrogens with zero attached hydrogens (tertiary/aromatic N) is 4. The summed E-state index contributed by atoms with van der Waals surface area (Å²) in [4.78, 5) is 46.4. The van der Waals surface area contributed by atoms with Crippen molar-refractivity contribution in [2.75, 3.05) is 23.1 Å². The molecule has 1 saturated heterocycles. The lowest BCUT2D eigenvalue weighted by Gasteiger charge is -2.37. The van der Waals surface area contributed by atoms with Crippen LogP contribution in [0.1, 0.15) is 82.1 Å². The van der Waals surface area contributed by atoms with E-state index in [-0.39, 0.29) is 37.2 Å². The van der Waals surface area contributed by atoms with Gasteiger partial charge in [-0.3, -0.25) is 14.4 Å². The van der Waals surface area contributed by atoms with E-state index in [1.807, 2.05) is 79.7 Å². The van der Waals surface area contributed by atoms with Gasteiger partial charge >= 0.3 is 0 Å². The van der Waals surface area contributed by atoms with Crippen LogP contribution in [-0.2, 0) is 37.7 Å². The third kappa shape index (κ3) is 7.81. The lowest BCUT2D eigenvalue weighted by Crippen LogP contribution is -2.48. The molecule has 3 aromatic rings. The molecule has 4 aliphatic rings. The van der Waals surface area contributed by atoms with Gasteiger partial charge in [-0.1, -0.05) is 84.8 Å². The number of carbonyl (C=O) groups is 3. The molecule has 4 heterocycles. The summed E-state index contributed by atoms with van der Waals surface area (Å²) in [6, 6.07) is 22.7. The Morgan fingerprint density at radius 2 is 1.72 bits per heavy atom. The molecule has 0 aromatic heterocycles. The third-order valence-corrected chi connectivity index (χ3v) is 14.8. The van der Waals surface area contributed by atoms with Gasteiger partial charge in [-0.15, -0.1) is 0 Å². The molecule has 57 heavy (non-hydrogen) atoms. The van der Waals surface area contributed by atoms with Crippen molar-refractivity contribution in [3.63, 3.8) is 0 Å². The van der Waals surface area contributed by atoms with Gasteiger partial charge in [-0.25, -0.2) is 5.01 Å². The molecule has 3 amide bonds. The minimum absolute atomic E-state index is 0.128. The Kier molecular flexibility index (Phi) is 11.6. The summed E-state index contributed by atoms with van der Waals surface area (Å²) in [5.41, 5.74) is 5.61. The van der Waals surface area contributed by atoms with E-state index >= 15 is 8.90 Å². The highest BCUT2D eigenvalue weighted by Gasteiger charge is 2.67. The van der Waals surface area contributed by atoms with Crippen LogP contribution >= 0.6 is 0 Å². The molecule has 1 fully saturated rings. The topological polar surface area (TPSA) is 103 Å². The fourth-order valence-corrected chi connectivity index (χ4v) is 11.9. The van der Waals surface area contributed by atoms with Crippen LogP contribution in [0, 0.1) is 5.92 Å². The Hall–Kier alpha value is -4.71. The van der Waals surface area contributed by atoms with Crippen molar-refractivity contribution in [3.8, 4) is 0 Å². The van der Waals surface area contributed by atoms with E-state index in [2.05, 4.69) is 32.9 Å². The summed E-state index contributed by atoms with van der Waals surface area (Å²) in [5.74, 6) is -1.34. The van der Waals surface area contributed by atoms with Crippen molar-refractivity contribution >= 4 is 43.2 Å². The molecule has 0 radical (unpaired) electrons. The Labute approximate surface area is 337 Å². The number of hydrazone groups is 1. The largest absolute Gasteiger partial charge is 0.394 e. The summed E-state index contributed by atoms with van der Waals surface area (Å²) in [7, 11) is -3.60. The average Bonchev–Trinajstić information content (AvgIpc) is 3.62. The van der Waals surface area contributed by atoms with E-state index in [1.54, 1.807) is 22.9 Å². The number of anilines is 2. The molecule has 5 atom stereocenters. The van der Waals surface area contributed by atoms with Gasteiger partial charge < -0.3 is 23.8 Å². The molecule has 0 bridgehead atoms.